The largest absolute Gasteiger partial charge is 0.673 e. The summed E-state index contributed by atoms with van der Waals surface area (Å²) < 4.78 is 46.1. The molecule has 0 saturated carbocycles. The van der Waals surface area contributed by atoms with Gasteiger partial charge in [0.1, 0.15) is 0 Å². The van der Waals surface area contributed by atoms with Crippen molar-refractivity contribution in [3.8, 4) is 0 Å². The molecular weight excluding hydrogens is 415 g/mol. The van der Waals surface area contributed by atoms with Gasteiger partial charge in [0.2, 0.25) is 9.21 Å². The van der Waals surface area contributed by atoms with Gasteiger partial charge >= 0.3 is 12.0 Å². The summed E-state index contributed by atoms with van der Waals surface area (Å²) in [6.45, 7) is 0. The Kier molecular flexibility index (Phi) is 5.84. The maximum absolute atomic E-state index is 9.75. The van der Waals surface area contributed by atoms with Gasteiger partial charge in [-0.3, -0.25) is 0 Å². The van der Waals surface area contributed by atoms with E-state index in [-0.39, 0.29) is 0 Å². The molecule has 0 aliphatic carbocycles. The van der Waals surface area contributed by atoms with Crippen molar-refractivity contribution in [3.05, 3.63) is 13.9 Å². The molecular formula is C5H6BBr3F4N2. The maximum atomic E-state index is 9.75. The van der Waals surface area contributed by atoms with E-state index < -0.39 is 7.25 Å². The molecule has 0 N–H and O–H groups in total. The van der Waals surface area contributed by atoms with Gasteiger partial charge in [0.25, 0.3) is 0 Å². The number of aromatic nitrogens is 2. The van der Waals surface area contributed by atoms with E-state index in [0.29, 0.717) is 0 Å². The number of rotatable bonds is 0. The molecule has 1 aromatic heterocycles. The van der Waals surface area contributed by atoms with Gasteiger partial charge in [-0.1, -0.05) is 0 Å². The first kappa shape index (κ1) is 15.4. The fourth-order valence-electron chi connectivity index (χ4n) is 0.664. The van der Waals surface area contributed by atoms with E-state index in [9.17, 15) is 17.3 Å². The molecule has 1 rings (SSSR count). The molecule has 15 heavy (non-hydrogen) atoms. The zero-order chi connectivity index (χ0) is 12.4. The summed E-state index contributed by atoms with van der Waals surface area (Å²) in [6.07, 6.45) is 0. The van der Waals surface area contributed by atoms with E-state index in [2.05, 4.69) is 47.8 Å². The SMILES string of the molecule is Cn1c(Br)c(Br)[n+](C)c1Br.F[B-](F)(F)F. The lowest BCUT2D eigenvalue weighted by Crippen LogP contribution is -2.29. The van der Waals surface area contributed by atoms with E-state index in [1.807, 2.05) is 23.2 Å². The normalized spacial score (nSPS) is 11.0. The second kappa shape index (κ2) is 5.67. The summed E-state index contributed by atoms with van der Waals surface area (Å²) in [4.78, 5) is 0. The second-order valence-corrected chi connectivity index (χ2v) is 4.68. The van der Waals surface area contributed by atoms with Crippen LogP contribution in [-0.2, 0) is 14.1 Å². The van der Waals surface area contributed by atoms with Crippen molar-refractivity contribution in [2.24, 2.45) is 14.1 Å². The van der Waals surface area contributed by atoms with Crippen LogP contribution in [0.4, 0.5) is 17.3 Å². The fourth-order valence-corrected chi connectivity index (χ4v) is 2.36. The summed E-state index contributed by atoms with van der Waals surface area (Å²) in [6, 6.07) is 0. The minimum atomic E-state index is -6.00. The Balaban J connectivity index is 0.000000336. The third-order valence-electron chi connectivity index (χ3n) is 1.31. The molecule has 1 heterocycles. The second-order valence-electron chi connectivity index (χ2n) is 2.46. The van der Waals surface area contributed by atoms with Crippen molar-refractivity contribution in [2.75, 3.05) is 0 Å². The van der Waals surface area contributed by atoms with Crippen molar-refractivity contribution >= 4 is 55.0 Å². The van der Waals surface area contributed by atoms with E-state index >= 15 is 0 Å². The van der Waals surface area contributed by atoms with E-state index in [4.69, 9.17) is 0 Å². The van der Waals surface area contributed by atoms with Crippen LogP contribution in [0.1, 0.15) is 0 Å². The lowest BCUT2D eigenvalue weighted by Gasteiger charge is -1.94. The van der Waals surface area contributed by atoms with E-state index in [1.165, 1.54) is 0 Å². The monoisotopic (exact) mass is 418 g/mol. The molecule has 1 aromatic rings. The van der Waals surface area contributed by atoms with Gasteiger partial charge in [-0.25, -0.2) is 9.13 Å². The molecule has 0 atom stereocenters. The summed E-state index contributed by atoms with van der Waals surface area (Å²) in [5.41, 5.74) is 0. The Morgan fingerprint density at radius 1 is 1.13 bits per heavy atom. The molecule has 0 unspecified atom stereocenters. The van der Waals surface area contributed by atoms with Crippen molar-refractivity contribution in [2.45, 2.75) is 0 Å². The topological polar surface area (TPSA) is 8.81 Å². The molecule has 0 radical (unpaired) electrons. The van der Waals surface area contributed by atoms with Crippen molar-refractivity contribution in [1.82, 2.24) is 4.57 Å². The first-order valence-corrected chi connectivity index (χ1v) is 5.86. The number of halogens is 7. The smallest absolute Gasteiger partial charge is 0.418 e. The quantitative estimate of drug-likeness (QED) is 0.345. The zero-order valence-electron chi connectivity index (χ0n) is 7.62. The van der Waals surface area contributed by atoms with Crippen LogP contribution < -0.4 is 4.57 Å². The van der Waals surface area contributed by atoms with Crippen LogP contribution in [0.3, 0.4) is 0 Å². The summed E-state index contributed by atoms with van der Waals surface area (Å²) >= 11 is 10.2. The van der Waals surface area contributed by atoms with E-state index in [0.717, 1.165) is 13.9 Å². The van der Waals surface area contributed by atoms with Gasteiger partial charge in [0.15, 0.2) is 0 Å². The number of hydrogen-bond acceptors (Lipinski definition) is 0. The summed E-state index contributed by atoms with van der Waals surface area (Å²) in [5, 5.41) is 0. The van der Waals surface area contributed by atoms with Crippen LogP contribution in [0.15, 0.2) is 13.9 Å². The van der Waals surface area contributed by atoms with Crippen LogP contribution in [0, 0.1) is 0 Å². The predicted molar refractivity (Wildman–Crippen MR) is 59.9 cm³/mol. The highest BCUT2D eigenvalue weighted by Gasteiger charge is 2.20. The fraction of sp³-hybridized carbons (Fsp3) is 0.400. The van der Waals surface area contributed by atoms with Crippen LogP contribution in [0.25, 0.3) is 0 Å². The lowest BCUT2D eigenvalue weighted by atomic mass is 10.3. The average Bonchev–Trinajstić information content (AvgIpc) is 2.21. The molecule has 0 amide bonds. The standard InChI is InChI=1S/C5H6Br3N2.BF4/c1-9-3(6)4(7)10(2)5(9)8;2-1(3,4)5/h1-2H3;/q+1;-1. The number of nitrogens with zero attached hydrogens (tertiary/aromatic N) is 2. The predicted octanol–water partition coefficient (Wildman–Crippen LogP) is 3.44. The Bertz CT molecular complexity index is 265. The third-order valence-corrected chi connectivity index (χ3v) is 4.72. The third kappa shape index (κ3) is 5.35. The Hall–Kier alpha value is 0.435. The molecule has 0 spiro atoms. The Morgan fingerprint density at radius 2 is 1.47 bits per heavy atom. The summed E-state index contributed by atoms with van der Waals surface area (Å²) in [5.74, 6) is 0. The van der Waals surface area contributed by atoms with Gasteiger partial charge in [0.05, 0.1) is 14.1 Å². The molecule has 0 fully saturated rings. The number of hydrogen-bond donors (Lipinski definition) is 0. The van der Waals surface area contributed by atoms with Crippen LogP contribution >= 0.6 is 47.8 Å². The minimum absolute atomic E-state index is 1.02. The van der Waals surface area contributed by atoms with Crippen molar-refractivity contribution < 1.29 is 21.8 Å². The first-order valence-electron chi connectivity index (χ1n) is 3.48. The van der Waals surface area contributed by atoms with Gasteiger partial charge in [0, 0.05) is 47.8 Å². The average molecular weight is 421 g/mol. The summed E-state index contributed by atoms with van der Waals surface area (Å²) in [7, 11) is -2.06. The molecule has 0 bridgehead atoms. The molecule has 10 heteroatoms. The Morgan fingerprint density at radius 3 is 1.53 bits per heavy atom. The van der Waals surface area contributed by atoms with Gasteiger partial charge < -0.3 is 17.3 Å². The van der Waals surface area contributed by atoms with Gasteiger partial charge in [-0.2, -0.15) is 0 Å². The Labute approximate surface area is 109 Å². The molecule has 2 nitrogen and oxygen atoms in total. The first-order chi connectivity index (χ1) is 6.55. The van der Waals surface area contributed by atoms with Crippen LogP contribution in [0.2, 0.25) is 0 Å². The lowest BCUT2D eigenvalue weighted by molar-refractivity contribution is -0.693. The molecule has 0 saturated heterocycles. The highest BCUT2D eigenvalue weighted by Crippen LogP contribution is 2.22. The molecule has 0 aliphatic rings. The van der Waals surface area contributed by atoms with Crippen LogP contribution in [-0.4, -0.2) is 11.8 Å². The highest BCUT2D eigenvalue weighted by atomic mass is 79.9. The maximum Gasteiger partial charge on any atom is 0.673 e. The zero-order valence-corrected chi connectivity index (χ0v) is 12.4. The molecule has 0 aromatic carbocycles. The molecule has 88 valence electrons. The van der Waals surface area contributed by atoms with E-state index in [1.54, 1.807) is 0 Å². The highest BCUT2D eigenvalue weighted by molar-refractivity contribution is 9.13. The van der Waals surface area contributed by atoms with Crippen molar-refractivity contribution in [1.29, 1.82) is 0 Å². The molecule has 0 aliphatic heterocycles. The number of imidazole rings is 1. The van der Waals surface area contributed by atoms with Gasteiger partial charge in [-0.15, -0.1) is 0 Å². The minimum Gasteiger partial charge on any atom is -0.418 e. The van der Waals surface area contributed by atoms with Crippen molar-refractivity contribution in [3.63, 3.8) is 0 Å². The van der Waals surface area contributed by atoms with Crippen LogP contribution in [0.5, 0.6) is 0 Å². The van der Waals surface area contributed by atoms with Gasteiger partial charge in [-0.05, 0) is 0 Å².